The summed E-state index contributed by atoms with van der Waals surface area (Å²) >= 11 is 6.04. The van der Waals surface area contributed by atoms with E-state index in [2.05, 4.69) is 24.2 Å². The van der Waals surface area contributed by atoms with Crippen molar-refractivity contribution in [2.24, 2.45) is 5.41 Å². The molecule has 1 amide bonds. The highest BCUT2D eigenvalue weighted by molar-refractivity contribution is 6.34. The highest BCUT2D eigenvalue weighted by Crippen LogP contribution is 2.29. The average Bonchev–Trinajstić information content (AvgIpc) is 2.43. The molecule has 1 saturated heterocycles. The molecule has 1 aromatic carbocycles. The molecule has 1 fully saturated rings. The van der Waals surface area contributed by atoms with Crippen LogP contribution in [0.25, 0.3) is 0 Å². The molecule has 0 unspecified atom stereocenters. The normalized spacial score (nSPS) is 18.8. The Hall–Kier alpha value is -1.26. The second-order valence-corrected chi connectivity index (χ2v) is 6.44. The van der Waals surface area contributed by atoms with Crippen molar-refractivity contribution in [1.29, 1.82) is 0 Å². The summed E-state index contributed by atoms with van der Waals surface area (Å²) in [6.45, 7) is 5.04. The van der Waals surface area contributed by atoms with Gasteiger partial charge in [-0.25, -0.2) is 0 Å². The number of nitrogen functional groups attached to an aromatic ring is 1. The van der Waals surface area contributed by atoms with Gasteiger partial charge in [0, 0.05) is 12.2 Å². The number of nitrogens with one attached hydrogen (secondary N) is 1. The lowest BCUT2D eigenvalue weighted by atomic mass is 9.80. The van der Waals surface area contributed by atoms with Gasteiger partial charge in [-0.1, -0.05) is 18.5 Å². The van der Waals surface area contributed by atoms with E-state index in [1.807, 2.05) is 0 Å². The van der Waals surface area contributed by atoms with Crippen LogP contribution in [0.3, 0.4) is 0 Å². The van der Waals surface area contributed by atoms with Gasteiger partial charge in [-0.3, -0.25) is 4.79 Å². The maximum atomic E-state index is 12.2. The van der Waals surface area contributed by atoms with Crippen LogP contribution in [0.2, 0.25) is 5.02 Å². The number of nitrogens with zero attached hydrogens (tertiary/aromatic N) is 1. The van der Waals surface area contributed by atoms with Gasteiger partial charge < -0.3 is 16.0 Å². The molecule has 3 N–H and O–H groups in total. The molecular formula is C15H22ClN3O. The van der Waals surface area contributed by atoms with E-state index in [1.165, 1.54) is 0 Å². The Balaban J connectivity index is 1.97. The summed E-state index contributed by atoms with van der Waals surface area (Å²) in [5, 5.41) is 3.43. The summed E-state index contributed by atoms with van der Waals surface area (Å²) < 4.78 is 0. The molecule has 0 bridgehead atoms. The molecule has 1 heterocycles. The molecule has 0 aromatic heterocycles. The summed E-state index contributed by atoms with van der Waals surface area (Å²) in [6, 6.07) is 4.97. The zero-order valence-corrected chi connectivity index (χ0v) is 12.8. The smallest absolute Gasteiger partial charge is 0.252 e. The highest BCUT2D eigenvalue weighted by atomic mass is 35.5. The van der Waals surface area contributed by atoms with Crippen LogP contribution < -0.4 is 11.1 Å². The van der Waals surface area contributed by atoms with E-state index in [1.54, 1.807) is 18.2 Å². The van der Waals surface area contributed by atoms with Crippen LogP contribution in [0.5, 0.6) is 0 Å². The third-order valence-electron chi connectivity index (χ3n) is 4.10. The summed E-state index contributed by atoms with van der Waals surface area (Å²) in [5.74, 6) is -0.151. The van der Waals surface area contributed by atoms with E-state index >= 15 is 0 Å². The van der Waals surface area contributed by atoms with Gasteiger partial charge in [0.1, 0.15) is 0 Å². The van der Waals surface area contributed by atoms with Gasteiger partial charge in [-0.05, 0) is 56.6 Å². The zero-order chi connectivity index (χ0) is 14.8. The number of halogens is 1. The van der Waals surface area contributed by atoms with E-state index in [-0.39, 0.29) is 11.3 Å². The summed E-state index contributed by atoms with van der Waals surface area (Å²) in [6.07, 6.45) is 2.18. The molecule has 4 nitrogen and oxygen atoms in total. The standard InChI is InChI=1S/C15H22ClN3O/c1-15(5-7-19(2)8-6-15)10-18-14(20)12-9-11(17)3-4-13(12)16/h3-4,9H,5-8,10,17H2,1-2H3,(H,18,20). The predicted octanol–water partition coefficient (Wildman–Crippen LogP) is 2.38. The number of carbonyl (C=O) groups excluding carboxylic acids is 1. The van der Waals surface area contributed by atoms with Gasteiger partial charge in [0.15, 0.2) is 0 Å². The minimum atomic E-state index is -0.151. The zero-order valence-electron chi connectivity index (χ0n) is 12.1. The Morgan fingerprint density at radius 3 is 2.75 bits per heavy atom. The van der Waals surface area contributed by atoms with Crippen LogP contribution in [-0.4, -0.2) is 37.5 Å². The quantitative estimate of drug-likeness (QED) is 0.842. The maximum absolute atomic E-state index is 12.2. The minimum Gasteiger partial charge on any atom is -0.399 e. The Morgan fingerprint density at radius 2 is 2.10 bits per heavy atom. The number of rotatable bonds is 3. The lowest BCUT2D eigenvalue weighted by molar-refractivity contribution is 0.0892. The van der Waals surface area contributed by atoms with Gasteiger partial charge in [-0.2, -0.15) is 0 Å². The second kappa shape index (κ2) is 6.02. The van der Waals surface area contributed by atoms with Crippen molar-refractivity contribution < 1.29 is 4.79 Å². The summed E-state index contributed by atoms with van der Waals surface area (Å²) in [5.41, 5.74) is 6.86. The van der Waals surface area contributed by atoms with Gasteiger partial charge in [-0.15, -0.1) is 0 Å². The molecule has 0 spiro atoms. The number of hydrogen-bond donors (Lipinski definition) is 2. The van der Waals surface area contributed by atoms with Crippen molar-refractivity contribution in [2.45, 2.75) is 19.8 Å². The molecule has 1 aliphatic heterocycles. The predicted molar refractivity (Wildman–Crippen MR) is 83.0 cm³/mol. The molecular weight excluding hydrogens is 274 g/mol. The number of likely N-dealkylation sites (tertiary alicyclic amines) is 1. The summed E-state index contributed by atoms with van der Waals surface area (Å²) in [4.78, 5) is 14.5. The number of benzene rings is 1. The van der Waals surface area contributed by atoms with E-state index in [9.17, 15) is 4.79 Å². The van der Waals surface area contributed by atoms with Gasteiger partial charge >= 0.3 is 0 Å². The van der Waals surface area contributed by atoms with Gasteiger partial charge in [0.2, 0.25) is 0 Å². The molecule has 2 rings (SSSR count). The van der Waals surface area contributed by atoms with Crippen molar-refractivity contribution in [2.75, 3.05) is 32.4 Å². The van der Waals surface area contributed by atoms with Crippen molar-refractivity contribution >= 4 is 23.2 Å². The van der Waals surface area contributed by atoms with E-state index in [0.717, 1.165) is 25.9 Å². The van der Waals surface area contributed by atoms with E-state index in [4.69, 9.17) is 17.3 Å². The first-order chi connectivity index (χ1) is 9.39. The molecule has 0 aliphatic carbocycles. The van der Waals surface area contributed by atoms with Crippen LogP contribution in [0.4, 0.5) is 5.69 Å². The Bertz CT molecular complexity index is 496. The Morgan fingerprint density at radius 1 is 1.45 bits per heavy atom. The van der Waals surface area contributed by atoms with Gasteiger partial charge in [0.25, 0.3) is 5.91 Å². The topological polar surface area (TPSA) is 58.4 Å². The first-order valence-electron chi connectivity index (χ1n) is 6.91. The molecule has 5 heteroatoms. The van der Waals surface area contributed by atoms with E-state index < -0.39 is 0 Å². The van der Waals surface area contributed by atoms with Crippen LogP contribution in [-0.2, 0) is 0 Å². The number of hydrogen-bond acceptors (Lipinski definition) is 3. The highest BCUT2D eigenvalue weighted by Gasteiger charge is 2.29. The van der Waals surface area contributed by atoms with E-state index in [0.29, 0.717) is 22.8 Å². The molecule has 1 aromatic rings. The molecule has 0 saturated carbocycles. The number of anilines is 1. The fraction of sp³-hybridized carbons (Fsp3) is 0.533. The Labute approximate surface area is 125 Å². The lowest BCUT2D eigenvalue weighted by Crippen LogP contribution is -2.43. The first kappa shape index (κ1) is 15.1. The third kappa shape index (κ3) is 3.64. The molecule has 0 radical (unpaired) electrons. The van der Waals surface area contributed by atoms with Crippen LogP contribution in [0, 0.1) is 5.41 Å². The van der Waals surface area contributed by atoms with Gasteiger partial charge in [0.05, 0.1) is 10.6 Å². The van der Waals surface area contributed by atoms with Crippen LogP contribution in [0.15, 0.2) is 18.2 Å². The average molecular weight is 296 g/mol. The third-order valence-corrected chi connectivity index (χ3v) is 4.43. The SMILES string of the molecule is CN1CCC(C)(CNC(=O)c2cc(N)ccc2Cl)CC1. The molecule has 110 valence electrons. The van der Waals surface area contributed by atoms with Crippen molar-refractivity contribution in [3.63, 3.8) is 0 Å². The lowest BCUT2D eigenvalue weighted by Gasteiger charge is -2.38. The first-order valence-corrected chi connectivity index (χ1v) is 7.29. The molecule has 20 heavy (non-hydrogen) atoms. The fourth-order valence-electron chi connectivity index (χ4n) is 2.44. The molecule has 1 aliphatic rings. The van der Waals surface area contributed by atoms with Crippen LogP contribution >= 0.6 is 11.6 Å². The second-order valence-electron chi connectivity index (χ2n) is 6.04. The van der Waals surface area contributed by atoms with Crippen molar-refractivity contribution in [3.05, 3.63) is 28.8 Å². The number of carbonyl (C=O) groups is 1. The number of nitrogens with two attached hydrogens (primary N) is 1. The van der Waals surface area contributed by atoms with Crippen molar-refractivity contribution in [3.8, 4) is 0 Å². The monoisotopic (exact) mass is 295 g/mol. The maximum Gasteiger partial charge on any atom is 0.252 e. The number of piperidine rings is 1. The summed E-state index contributed by atoms with van der Waals surface area (Å²) in [7, 11) is 2.13. The van der Waals surface area contributed by atoms with Crippen molar-refractivity contribution in [1.82, 2.24) is 10.2 Å². The number of amides is 1. The minimum absolute atomic E-state index is 0.151. The Kier molecular flexibility index (Phi) is 4.55. The largest absolute Gasteiger partial charge is 0.399 e. The molecule has 0 atom stereocenters. The van der Waals surface area contributed by atoms with Crippen LogP contribution in [0.1, 0.15) is 30.1 Å². The fourth-order valence-corrected chi connectivity index (χ4v) is 2.64.